The Labute approximate surface area is 148 Å². The van der Waals surface area contributed by atoms with E-state index in [1.807, 2.05) is 12.1 Å². The fourth-order valence-corrected chi connectivity index (χ4v) is 5.42. The average Bonchev–Trinajstić information content (AvgIpc) is 2.63. The van der Waals surface area contributed by atoms with E-state index in [1.165, 1.54) is 69.8 Å². The van der Waals surface area contributed by atoms with E-state index < -0.39 is 0 Å². The first-order chi connectivity index (χ1) is 11.6. The van der Waals surface area contributed by atoms with Gasteiger partial charge in [-0.15, -0.1) is 0 Å². The minimum Gasteiger partial charge on any atom is -0.192 e. The van der Waals surface area contributed by atoms with E-state index in [9.17, 15) is 0 Å². The molecule has 0 saturated heterocycles. The molecule has 0 aromatic heterocycles. The Balaban J connectivity index is 1.49. The maximum absolute atomic E-state index is 8.94. The van der Waals surface area contributed by atoms with E-state index in [1.54, 1.807) is 0 Å². The summed E-state index contributed by atoms with van der Waals surface area (Å²) in [5, 5.41) is 8.94. The molecule has 1 heteroatoms. The van der Waals surface area contributed by atoms with E-state index in [-0.39, 0.29) is 0 Å². The summed E-state index contributed by atoms with van der Waals surface area (Å²) in [5.41, 5.74) is 2.88. The van der Waals surface area contributed by atoms with Crippen LogP contribution >= 0.6 is 0 Å². The van der Waals surface area contributed by atoms with Gasteiger partial charge in [0, 0.05) is 0 Å². The molecule has 130 valence electrons. The number of nitrogens with zero attached hydrogens (tertiary/aromatic N) is 1. The number of hydrogen-bond acceptors (Lipinski definition) is 1. The molecular formula is C23H33N. The van der Waals surface area contributed by atoms with Gasteiger partial charge in [0.15, 0.2) is 0 Å². The molecular weight excluding hydrogens is 290 g/mol. The van der Waals surface area contributed by atoms with Crippen LogP contribution < -0.4 is 0 Å². The monoisotopic (exact) mass is 323 g/mol. The molecule has 0 heterocycles. The van der Waals surface area contributed by atoms with Crippen LogP contribution in [0.3, 0.4) is 0 Å². The molecule has 0 unspecified atom stereocenters. The van der Waals surface area contributed by atoms with E-state index >= 15 is 0 Å². The lowest BCUT2D eigenvalue weighted by atomic mass is 9.63. The number of benzene rings is 1. The lowest BCUT2D eigenvalue weighted by molar-refractivity contribution is 0.104. The van der Waals surface area contributed by atoms with Crippen LogP contribution in [0.5, 0.6) is 0 Å². The Morgan fingerprint density at radius 3 is 2.08 bits per heavy atom. The largest absolute Gasteiger partial charge is 0.192 e. The van der Waals surface area contributed by atoms with Gasteiger partial charge in [0.1, 0.15) is 0 Å². The number of hydrogen-bond donors (Lipinski definition) is 0. The van der Waals surface area contributed by atoms with Crippen LogP contribution in [-0.4, -0.2) is 0 Å². The molecule has 0 N–H and O–H groups in total. The van der Waals surface area contributed by atoms with Gasteiger partial charge in [0.05, 0.1) is 11.6 Å². The topological polar surface area (TPSA) is 23.8 Å². The Kier molecular flexibility index (Phi) is 5.65. The van der Waals surface area contributed by atoms with Crippen molar-refractivity contribution in [3.63, 3.8) is 0 Å². The van der Waals surface area contributed by atoms with Gasteiger partial charge in [-0.3, -0.25) is 0 Å². The third kappa shape index (κ3) is 4.02. The quantitative estimate of drug-likeness (QED) is 0.595. The van der Waals surface area contributed by atoms with Crippen LogP contribution in [0.1, 0.15) is 95.1 Å². The first kappa shape index (κ1) is 17.5. The molecule has 0 atom stereocenters. The highest BCUT2D eigenvalue weighted by Gasteiger charge is 2.35. The van der Waals surface area contributed by atoms with Gasteiger partial charge in [-0.05, 0) is 98.7 Å². The first-order valence-corrected chi connectivity index (χ1v) is 10.1. The molecule has 2 saturated carbocycles. The summed E-state index contributed by atoms with van der Waals surface area (Å²) in [7, 11) is 0. The van der Waals surface area contributed by atoms with Crippen molar-refractivity contribution in [2.75, 3.05) is 0 Å². The maximum atomic E-state index is 8.94. The van der Waals surface area contributed by atoms with Gasteiger partial charge in [0.2, 0.25) is 0 Å². The van der Waals surface area contributed by atoms with Crippen molar-refractivity contribution in [1.29, 1.82) is 5.26 Å². The molecule has 2 aliphatic rings. The van der Waals surface area contributed by atoms with Crippen LogP contribution in [0.4, 0.5) is 0 Å². The molecule has 0 bridgehead atoms. The number of rotatable bonds is 4. The smallest absolute Gasteiger partial charge is 0.0991 e. The highest BCUT2D eigenvalue weighted by atomic mass is 14.4. The molecule has 1 aromatic carbocycles. The van der Waals surface area contributed by atoms with Crippen LogP contribution in [0, 0.1) is 28.6 Å². The van der Waals surface area contributed by atoms with Crippen LogP contribution in [-0.2, 0) is 0 Å². The van der Waals surface area contributed by atoms with Gasteiger partial charge < -0.3 is 0 Å². The fraction of sp³-hybridized carbons (Fsp3) is 0.696. The van der Waals surface area contributed by atoms with E-state index in [0.717, 1.165) is 23.3 Å². The molecule has 2 aliphatic carbocycles. The lowest BCUT2D eigenvalue weighted by Crippen LogP contribution is -2.29. The van der Waals surface area contributed by atoms with Crippen LogP contribution in [0.15, 0.2) is 24.3 Å². The molecule has 0 aliphatic heterocycles. The molecule has 1 nitrogen and oxygen atoms in total. The maximum Gasteiger partial charge on any atom is 0.0991 e. The molecule has 0 amide bonds. The first-order valence-electron chi connectivity index (χ1n) is 10.1. The predicted octanol–water partition coefficient (Wildman–Crippen LogP) is 6.83. The van der Waals surface area contributed by atoms with Crippen molar-refractivity contribution < 1.29 is 0 Å². The summed E-state index contributed by atoms with van der Waals surface area (Å²) in [6.45, 7) is 4.86. The second-order valence-electron chi connectivity index (χ2n) is 8.74. The molecule has 0 spiro atoms. The second kappa shape index (κ2) is 7.73. The third-order valence-corrected chi connectivity index (χ3v) is 7.04. The Morgan fingerprint density at radius 1 is 0.958 bits per heavy atom. The average molecular weight is 324 g/mol. The predicted molar refractivity (Wildman–Crippen MR) is 101 cm³/mol. The second-order valence-corrected chi connectivity index (χ2v) is 8.74. The fourth-order valence-electron chi connectivity index (χ4n) is 5.42. The highest BCUT2D eigenvalue weighted by Crippen LogP contribution is 2.48. The van der Waals surface area contributed by atoms with Gasteiger partial charge in [-0.2, -0.15) is 5.26 Å². The Hall–Kier alpha value is -1.29. The summed E-state index contributed by atoms with van der Waals surface area (Å²) in [6.07, 6.45) is 14.2. The van der Waals surface area contributed by atoms with Gasteiger partial charge >= 0.3 is 0 Å². The zero-order valence-corrected chi connectivity index (χ0v) is 15.6. The van der Waals surface area contributed by atoms with Crippen molar-refractivity contribution in [3.8, 4) is 6.07 Å². The zero-order chi connectivity index (χ0) is 17.0. The van der Waals surface area contributed by atoms with Gasteiger partial charge in [-0.25, -0.2) is 0 Å². The third-order valence-electron chi connectivity index (χ3n) is 7.04. The number of nitriles is 1. The van der Waals surface area contributed by atoms with Gasteiger partial charge in [0.25, 0.3) is 0 Å². The summed E-state index contributed by atoms with van der Waals surface area (Å²) in [5.74, 6) is 2.70. The van der Waals surface area contributed by atoms with E-state index in [0.29, 0.717) is 5.41 Å². The highest BCUT2D eigenvalue weighted by molar-refractivity contribution is 5.33. The van der Waals surface area contributed by atoms with Crippen molar-refractivity contribution in [2.24, 2.45) is 17.3 Å². The van der Waals surface area contributed by atoms with Crippen LogP contribution in [0.2, 0.25) is 0 Å². The van der Waals surface area contributed by atoms with Crippen molar-refractivity contribution in [2.45, 2.75) is 84.0 Å². The van der Waals surface area contributed by atoms with Gasteiger partial charge in [-0.1, -0.05) is 32.4 Å². The molecule has 3 rings (SSSR count). The van der Waals surface area contributed by atoms with Crippen molar-refractivity contribution >= 4 is 0 Å². The standard InChI is InChI=1S/C23H33N/c1-3-14-23(2)15-12-22(13-16-23)21-10-8-20(9-11-21)19-6-4-18(17-24)5-7-19/h4-7,20-22H,3,8-16H2,1-2H3/t20?,21?,22-,23-. The van der Waals surface area contributed by atoms with Crippen molar-refractivity contribution in [3.05, 3.63) is 35.4 Å². The lowest BCUT2D eigenvalue weighted by Gasteiger charge is -2.42. The minimum atomic E-state index is 0.644. The summed E-state index contributed by atoms with van der Waals surface area (Å²) in [6, 6.07) is 10.6. The minimum absolute atomic E-state index is 0.644. The van der Waals surface area contributed by atoms with Crippen LogP contribution in [0.25, 0.3) is 0 Å². The Bertz CT molecular complexity index is 549. The molecule has 2 fully saturated rings. The Morgan fingerprint density at radius 2 is 1.54 bits per heavy atom. The van der Waals surface area contributed by atoms with Crippen molar-refractivity contribution in [1.82, 2.24) is 0 Å². The molecule has 0 radical (unpaired) electrons. The molecule has 1 aromatic rings. The summed E-state index contributed by atoms with van der Waals surface area (Å²) >= 11 is 0. The van der Waals surface area contributed by atoms with E-state index in [4.69, 9.17) is 5.26 Å². The zero-order valence-electron chi connectivity index (χ0n) is 15.6. The SMILES string of the molecule is CCC[C@]1(C)CC[C@@H](C2CCC(c3ccc(C#N)cc3)CC2)CC1. The summed E-state index contributed by atoms with van der Waals surface area (Å²) in [4.78, 5) is 0. The normalized spacial score (nSPS) is 33.8. The summed E-state index contributed by atoms with van der Waals surface area (Å²) < 4.78 is 0. The van der Waals surface area contributed by atoms with E-state index in [2.05, 4.69) is 32.0 Å². The molecule has 24 heavy (non-hydrogen) atoms.